The van der Waals surface area contributed by atoms with E-state index in [2.05, 4.69) is 15.3 Å². The molecular formula is C13H16N4OS. The fraction of sp³-hybridized carbons (Fsp3) is 0.308. The monoisotopic (exact) mass is 276 g/mol. The summed E-state index contributed by atoms with van der Waals surface area (Å²) in [6.07, 6.45) is 3.38. The number of anilines is 1. The summed E-state index contributed by atoms with van der Waals surface area (Å²) in [5, 5.41) is 5.77. The Bertz CT molecular complexity index is 556. The zero-order valence-electron chi connectivity index (χ0n) is 11.1. The van der Waals surface area contributed by atoms with Gasteiger partial charge in [0.25, 0.3) is 5.91 Å². The Hall–Kier alpha value is -1.95. The van der Waals surface area contributed by atoms with Crippen molar-refractivity contribution in [2.45, 2.75) is 13.0 Å². The van der Waals surface area contributed by atoms with Crippen LogP contribution in [-0.2, 0) is 0 Å². The van der Waals surface area contributed by atoms with Crippen LogP contribution in [0.2, 0.25) is 0 Å². The van der Waals surface area contributed by atoms with Crippen molar-refractivity contribution in [1.29, 1.82) is 0 Å². The summed E-state index contributed by atoms with van der Waals surface area (Å²) >= 11 is 1.55. The molecule has 0 saturated carbocycles. The third-order valence-corrected chi connectivity index (χ3v) is 3.92. The maximum Gasteiger partial charge on any atom is 0.254 e. The lowest BCUT2D eigenvalue weighted by Crippen LogP contribution is -2.29. The summed E-state index contributed by atoms with van der Waals surface area (Å²) in [4.78, 5) is 22.4. The summed E-state index contributed by atoms with van der Waals surface area (Å²) in [7, 11) is 3.56. The van der Waals surface area contributed by atoms with Gasteiger partial charge in [-0.05, 0) is 19.1 Å². The highest BCUT2D eigenvalue weighted by atomic mass is 32.1. The second-order valence-corrected chi connectivity index (χ2v) is 5.07. The minimum Gasteiger partial charge on any atom is -0.373 e. The van der Waals surface area contributed by atoms with Gasteiger partial charge >= 0.3 is 0 Å². The van der Waals surface area contributed by atoms with Crippen molar-refractivity contribution in [2.24, 2.45) is 0 Å². The molecule has 1 amide bonds. The lowest BCUT2D eigenvalue weighted by molar-refractivity contribution is 0.0742. The van der Waals surface area contributed by atoms with E-state index in [1.165, 1.54) is 0 Å². The molecule has 6 heteroatoms. The first-order valence-corrected chi connectivity index (χ1v) is 6.81. The van der Waals surface area contributed by atoms with Crippen LogP contribution in [0.5, 0.6) is 0 Å². The molecule has 0 aromatic carbocycles. The van der Waals surface area contributed by atoms with Crippen LogP contribution >= 0.6 is 11.3 Å². The number of nitrogens with zero attached hydrogens (tertiary/aromatic N) is 3. The lowest BCUT2D eigenvalue weighted by atomic mass is 10.2. The van der Waals surface area contributed by atoms with Crippen LogP contribution in [0.4, 0.5) is 5.82 Å². The predicted molar refractivity (Wildman–Crippen MR) is 76.4 cm³/mol. The van der Waals surface area contributed by atoms with Gasteiger partial charge in [-0.2, -0.15) is 0 Å². The van der Waals surface area contributed by atoms with Crippen molar-refractivity contribution in [3.63, 3.8) is 0 Å². The normalized spacial score (nSPS) is 11.9. The van der Waals surface area contributed by atoms with E-state index in [-0.39, 0.29) is 11.9 Å². The maximum atomic E-state index is 12.4. The Kier molecular flexibility index (Phi) is 4.11. The maximum absolute atomic E-state index is 12.4. The molecule has 0 aliphatic heterocycles. The second kappa shape index (κ2) is 5.79. The first-order valence-electron chi connectivity index (χ1n) is 5.94. The van der Waals surface area contributed by atoms with Crippen LogP contribution in [-0.4, -0.2) is 34.9 Å². The Morgan fingerprint density at radius 1 is 1.42 bits per heavy atom. The van der Waals surface area contributed by atoms with Crippen molar-refractivity contribution in [1.82, 2.24) is 14.9 Å². The molecule has 0 radical (unpaired) electrons. The molecule has 2 rings (SSSR count). The van der Waals surface area contributed by atoms with E-state index in [0.29, 0.717) is 11.4 Å². The van der Waals surface area contributed by atoms with Gasteiger partial charge in [0.05, 0.1) is 6.04 Å². The smallest absolute Gasteiger partial charge is 0.254 e. The van der Waals surface area contributed by atoms with Gasteiger partial charge in [0.1, 0.15) is 10.8 Å². The molecule has 19 heavy (non-hydrogen) atoms. The number of hydrogen-bond donors (Lipinski definition) is 1. The number of carbonyl (C=O) groups is 1. The van der Waals surface area contributed by atoms with Crippen LogP contribution < -0.4 is 5.32 Å². The fourth-order valence-corrected chi connectivity index (χ4v) is 2.42. The molecule has 5 nitrogen and oxygen atoms in total. The van der Waals surface area contributed by atoms with Gasteiger partial charge in [0.15, 0.2) is 0 Å². The zero-order chi connectivity index (χ0) is 13.8. The number of carbonyl (C=O) groups excluding carboxylic acids is 1. The number of nitrogens with one attached hydrogen (secondary N) is 1. The minimum absolute atomic E-state index is 0.0402. The number of amides is 1. The van der Waals surface area contributed by atoms with E-state index in [1.54, 1.807) is 54.9 Å². The van der Waals surface area contributed by atoms with Crippen molar-refractivity contribution < 1.29 is 4.79 Å². The molecule has 0 unspecified atom stereocenters. The van der Waals surface area contributed by atoms with Crippen LogP contribution in [0, 0.1) is 0 Å². The predicted octanol–water partition coefficient (Wildman–Crippen LogP) is 2.41. The second-order valence-electron chi connectivity index (χ2n) is 4.14. The SMILES string of the molecule is CNc1cc(C(=O)N(C)[C@H](C)c2nccs2)ccn1. The number of rotatable bonds is 4. The Balaban J connectivity index is 2.18. The van der Waals surface area contributed by atoms with Crippen LogP contribution in [0.25, 0.3) is 0 Å². The standard InChI is InChI=1S/C13H16N4OS/c1-9(12-16-6-7-19-12)17(3)13(18)10-4-5-15-11(8-10)14-2/h4-9H,1-3H3,(H,14,15)/t9-/m1/s1. The number of aromatic nitrogens is 2. The summed E-state index contributed by atoms with van der Waals surface area (Å²) in [6.45, 7) is 1.97. The molecular weight excluding hydrogens is 260 g/mol. The summed E-state index contributed by atoms with van der Waals surface area (Å²) in [5.74, 6) is 0.641. The van der Waals surface area contributed by atoms with Gasteiger partial charge in [-0.1, -0.05) is 0 Å². The van der Waals surface area contributed by atoms with E-state index < -0.39 is 0 Å². The topological polar surface area (TPSA) is 58.1 Å². The average Bonchev–Trinajstić information content (AvgIpc) is 2.99. The Morgan fingerprint density at radius 3 is 2.84 bits per heavy atom. The third-order valence-electron chi connectivity index (χ3n) is 2.97. The highest BCUT2D eigenvalue weighted by Crippen LogP contribution is 2.22. The number of thiazole rings is 1. The minimum atomic E-state index is -0.0429. The largest absolute Gasteiger partial charge is 0.373 e. The van der Waals surface area contributed by atoms with E-state index in [0.717, 1.165) is 5.01 Å². The van der Waals surface area contributed by atoms with Gasteiger partial charge < -0.3 is 10.2 Å². The van der Waals surface area contributed by atoms with Crippen molar-refractivity contribution in [2.75, 3.05) is 19.4 Å². The molecule has 0 aliphatic rings. The summed E-state index contributed by atoms with van der Waals surface area (Å²) in [6, 6.07) is 3.42. The van der Waals surface area contributed by atoms with Crippen molar-refractivity contribution >= 4 is 23.1 Å². The van der Waals surface area contributed by atoms with Gasteiger partial charge in [-0.15, -0.1) is 11.3 Å². The van der Waals surface area contributed by atoms with Crippen LogP contribution in [0.3, 0.4) is 0 Å². The highest BCUT2D eigenvalue weighted by molar-refractivity contribution is 7.09. The van der Waals surface area contributed by atoms with Crippen LogP contribution in [0.1, 0.15) is 28.3 Å². The molecule has 0 fully saturated rings. The first kappa shape index (κ1) is 13.5. The molecule has 0 bridgehead atoms. The molecule has 0 saturated heterocycles. The van der Waals surface area contributed by atoms with E-state index in [1.807, 2.05) is 12.3 Å². The van der Waals surface area contributed by atoms with Gasteiger partial charge in [0, 0.05) is 37.4 Å². The van der Waals surface area contributed by atoms with E-state index in [9.17, 15) is 4.79 Å². The molecule has 1 N–H and O–H groups in total. The molecule has 2 aromatic heterocycles. The van der Waals surface area contributed by atoms with Crippen molar-refractivity contribution in [3.05, 3.63) is 40.5 Å². The lowest BCUT2D eigenvalue weighted by Gasteiger charge is -2.23. The van der Waals surface area contributed by atoms with E-state index >= 15 is 0 Å². The molecule has 0 spiro atoms. The molecule has 1 atom stereocenters. The Morgan fingerprint density at radius 2 is 2.21 bits per heavy atom. The molecule has 2 aromatic rings. The summed E-state index contributed by atoms with van der Waals surface area (Å²) < 4.78 is 0. The van der Waals surface area contributed by atoms with Crippen LogP contribution in [0.15, 0.2) is 29.9 Å². The highest BCUT2D eigenvalue weighted by Gasteiger charge is 2.20. The third kappa shape index (κ3) is 2.90. The fourth-order valence-electron chi connectivity index (χ4n) is 1.69. The van der Waals surface area contributed by atoms with E-state index in [4.69, 9.17) is 0 Å². The quantitative estimate of drug-likeness (QED) is 0.931. The molecule has 0 aliphatic carbocycles. The summed E-state index contributed by atoms with van der Waals surface area (Å²) in [5.41, 5.74) is 0.616. The van der Waals surface area contributed by atoms with Gasteiger partial charge in [0.2, 0.25) is 0 Å². The van der Waals surface area contributed by atoms with Gasteiger partial charge in [-0.25, -0.2) is 9.97 Å². The first-order chi connectivity index (χ1) is 9.13. The molecule has 100 valence electrons. The Labute approximate surface area is 116 Å². The molecule has 2 heterocycles. The van der Waals surface area contributed by atoms with Crippen molar-refractivity contribution in [3.8, 4) is 0 Å². The van der Waals surface area contributed by atoms with Gasteiger partial charge in [-0.3, -0.25) is 4.79 Å². The average molecular weight is 276 g/mol. The number of hydrogen-bond acceptors (Lipinski definition) is 5. The number of pyridine rings is 1. The zero-order valence-corrected chi connectivity index (χ0v) is 11.9.